The van der Waals surface area contributed by atoms with Gasteiger partial charge in [-0.2, -0.15) is 0 Å². The number of carbonyl (C=O) groups excluding carboxylic acids is 2. The second-order valence-electron chi connectivity index (χ2n) is 8.40. The van der Waals surface area contributed by atoms with E-state index >= 15 is 0 Å². The summed E-state index contributed by atoms with van der Waals surface area (Å²) in [5.41, 5.74) is 4.60. The minimum atomic E-state index is -0.953. The van der Waals surface area contributed by atoms with Crippen molar-refractivity contribution < 1.29 is 24.2 Å². The van der Waals surface area contributed by atoms with Gasteiger partial charge >= 0.3 is 12.1 Å². The summed E-state index contributed by atoms with van der Waals surface area (Å²) in [6.45, 7) is 4.14. The molecule has 2 aromatic rings. The van der Waals surface area contributed by atoms with Crippen molar-refractivity contribution in [3.8, 4) is 11.1 Å². The summed E-state index contributed by atoms with van der Waals surface area (Å²) >= 11 is 0. The normalized spacial score (nSPS) is 14.0. The smallest absolute Gasteiger partial charge is 0.407 e. The number of alkyl carbamates (subject to hydrolysis) is 1. The Hall–Kier alpha value is -3.35. The van der Waals surface area contributed by atoms with Crippen molar-refractivity contribution in [2.75, 3.05) is 13.2 Å². The van der Waals surface area contributed by atoms with Gasteiger partial charge in [0.05, 0.1) is 12.3 Å². The van der Waals surface area contributed by atoms with Gasteiger partial charge < -0.3 is 20.5 Å². The van der Waals surface area contributed by atoms with Crippen LogP contribution in [0.5, 0.6) is 0 Å². The van der Waals surface area contributed by atoms with Gasteiger partial charge in [-0.05, 0) is 35.1 Å². The predicted molar refractivity (Wildman–Crippen MR) is 126 cm³/mol. The van der Waals surface area contributed by atoms with Crippen LogP contribution in [0.15, 0.2) is 48.5 Å². The second-order valence-corrected chi connectivity index (χ2v) is 8.40. The van der Waals surface area contributed by atoms with Crippen LogP contribution in [0.25, 0.3) is 11.1 Å². The summed E-state index contributed by atoms with van der Waals surface area (Å²) in [6, 6.07) is 15.8. The van der Waals surface area contributed by atoms with Crippen molar-refractivity contribution in [3.05, 3.63) is 59.7 Å². The molecule has 1 aliphatic carbocycles. The van der Waals surface area contributed by atoms with Gasteiger partial charge in [-0.25, -0.2) is 4.79 Å². The molecule has 3 rings (SSSR count). The van der Waals surface area contributed by atoms with Crippen LogP contribution in [0, 0.1) is 5.92 Å². The zero-order valence-corrected chi connectivity index (χ0v) is 19.2. The van der Waals surface area contributed by atoms with Crippen molar-refractivity contribution in [2.45, 2.75) is 51.5 Å². The summed E-state index contributed by atoms with van der Waals surface area (Å²) in [4.78, 5) is 36.0. The zero-order chi connectivity index (χ0) is 23.8. The molecule has 2 atom stereocenters. The Morgan fingerprint density at radius 3 is 2.15 bits per heavy atom. The van der Waals surface area contributed by atoms with Crippen molar-refractivity contribution >= 4 is 18.0 Å². The van der Waals surface area contributed by atoms with Crippen LogP contribution in [0.3, 0.4) is 0 Å². The van der Waals surface area contributed by atoms with Crippen molar-refractivity contribution in [3.63, 3.8) is 0 Å². The fourth-order valence-electron chi connectivity index (χ4n) is 4.36. The standard InChI is InChI=1S/C26H32N2O5/c1-3-9-17(25(31)28-18(4-2)14-24(29)30)15-27-26(32)33-16-23-21-12-7-5-10-19(21)20-11-6-8-13-22(20)23/h5-8,10-13,17-18,23H,3-4,9,14-16H2,1-2H3,(H,27,32)(H,28,31)(H,29,30)/t17?,18-/m1/s1. The fraction of sp³-hybridized carbons (Fsp3) is 0.423. The number of carboxylic acid groups (broad SMARTS) is 1. The Kier molecular flexibility index (Phi) is 8.46. The molecular weight excluding hydrogens is 420 g/mol. The maximum absolute atomic E-state index is 12.6. The molecule has 176 valence electrons. The van der Waals surface area contributed by atoms with E-state index in [4.69, 9.17) is 9.84 Å². The van der Waals surface area contributed by atoms with E-state index in [1.165, 1.54) is 0 Å². The Bertz CT molecular complexity index is 945. The highest BCUT2D eigenvalue weighted by atomic mass is 16.5. The van der Waals surface area contributed by atoms with Gasteiger partial charge in [0, 0.05) is 18.5 Å². The zero-order valence-electron chi connectivity index (χ0n) is 19.2. The average Bonchev–Trinajstić information content (AvgIpc) is 3.13. The molecule has 0 heterocycles. The summed E-state index contributed by atoms with van der Waals surface area (Å²) in [5, 5.41) is 14.5. The number of hydrogen-bond acceptors (Lipinski definition) is 4. The van der Waals surface area contributed by atoms with Crippen LogP contribution in [-0.2, 0) is 14.3 Å². The Balaban J connectivity index is 1.56. The lowest BCUT2D eigenvalue weighted by Crippen LogP contribution is -2.43. The number of hydrogen-bond donors (Lipinski definition) is 3. The van der Waals surface area contributed by atoms with Crippen molar-refractivity contribution in [1.29, 1.82) is 0 Å². The molecule has 0 fully saturated rings. The van der Waals surface area contributed by atoms with Crippen molar-refractivity contribution in [2.24, 2.45) is 5.92 Å². The highest BCUT2D eigenvalue weighted by molar-refractivity contribution is 5.81. The van der Waals surface area contributed by atoms with Crippen LogP contribution in [0.4, 0.5) is 4.79 Å². The lowest BCUT2D eigenvalue weighted by molar-refractivity contribution is -0.137. The lowest BCUT2D eigenvalue weighted by Gasteiger charge is -2.21. The molecule has 7 heteroatoms. The number of rotatable bonds is 11. The minimum Gasteiger partial charge on any atom is -0.481 e. The van der Waals surface area contributed by atoms with Gasteiger partial charge in [-0.3, -0.25) is 9.59 Å². The summed E-state index contributed by atoms with van der Waals surface area (Å²) in [7, 11) is 0. The van der Waals surface area contributed by atoms with Crippen molar-refractivity contribution in [1.82, 2.24) is 10.6 Å². The summed E-state index contributed by atoms with van der Waals surface area (Å²) in [6.07, 6.45) is 1.18. The molecule has 0 spiro atoms. The van der Waals surface area contributed by atoms with Crippen LogP contribution in [0.1, 0.15) is 56.6 Å². The molecular formula is C26H32N2O5. The molecule has 3 N–H and O–H groups in total. The number of fused-ring (bicyclic) bond motifs is 3. The summed E-state index contributed by atoms with van der Waals surface area (Å²) < 4.78 is 5.54. The van der Waals surface area contributed by atoms with Crippen LogP contribution < -0.4 is 10.6 Å². The third-order valence-electron chi connectivity index (χ3n) is 6.10. The number of carboxylic acids is 1. The Morgan fingerprint density at radius 2 is 1.61 bits per heavy atom. The topological polar surface area (TPSA) is 105 Å². The van der Waals surface area contributed by atoms with Gasteiger partial charge in [0.2, 0.25) is 5.91 Å². The average molecular weight is 453 g/mol. The van der Waals surface area contributed by atoms with Gasteiger partial charge in [-0.15, -0.1) is 0 Å². The van der Waals surface area contributed by atoms with Gasteiger partial charge in [0.25, 0.3) is 0 Å². The number of benzene rings is 2. The molecule has 0 aliphatic heterocycles. The number of aliphatic carboxylic acids is 1. The molecule has 0 saturated carbocycles. The van der Waals surface area contributed by atoms with E-state index in [2.05, 4.69) is 34.9 Å². The minimum absolute atomic E-state index is 0.0285. The first-order chi connectivity index (χ1) is 15.9. The second kappa shape index (κ2) is 11.5. The highest BCUT2D eigenvalue weighted by Crippen LogP contribution is 2.44. The first kappa shape index (κ1) is 24.3. The molecule has 1 aliphatic rings. The first-order valence-electron chi connectivity index (χ1n) is 11.6. The van der Waals surface area contributed by atoms with Gasteiger partial charge in [0.15, 0.2) is 0 Å². The van der Waals surface area contributed by atoms with E-state index < -0.39 is 24.0 Å². The van der Waals surface area contributed by atoms with Gasteiger partial charge in [0.1, 0.15) is 6.61 Å². The third-order valence-corrected chi connectivity index (χ3v) is 6.10. The Morgan fingerprint density at radius 1 is 1.00 bits per heavy atom. The summed E-state index contributed by atoms with van der Waals surface area (Å²) in [5.74, 6) is -1.67. The number of amides is 2. The van der Waals surface area contributed by atoms with Crippen LogP contribution >= 0.6 is 0 Å². The van der Waals surface area contributed by atoms with Crippen LogP contribution in [0.2, 0.25) is 0 Å². The van der Waals surface area contributed by atoms with E-state index in [-0.39, 0.29) is 31.4 Å². The molecule has 33 heavy (non-hydrogen) atoms. The molecule has 0 radical (unpaired) electrons. The largest absolute Gasteiger partial charge is 0.481 e. The monoisotopic (exact) mass is 452 g/mol. The number of nitrogens with one attached hydrogen (secondary N) is 2. The molecule has 1 unspecified atom stereocenters. The molecule has 0 saturated heterocycles. The number of carbonyl (C=O) groups is 3. The van der Waals surface area contributed by atoms with E-state index in [1.54, 1.807) is 0 Å². The lowest BCUT2D eigenvalue weighted by atomic mass is 9.98. The van der Waals surface area contributed by atoms with E-state index in [0.717, 1.165) is 28.7 Å². The highest BCUT2D eigenvalue weighted by Gasteiger charge is 2.29. The van der Waals surface area contributed by atoms with E-state index in [1.807, 2.05) is 38.1 Å². The maximum Gasteiger partial charge on any atom is 0.407 e. The maximum atomic E-state index is 12.6. The van der Waals surface area contributed by atoms with Crippen LogP contribution in [-0.4, -0.2) is 42.3 Å². The first-order valence-corrected chi connectivity index (χ1v) is 11.6. The fourth-order valence-corrected chi connectivity index (χ4v) is 4.36. The van der Waals surface area contributed by atoms with E-state index in [9.17, 15) is 14.4 Å². The molecule has 0 aromatic heterocycles. The Labute approximate surface area is 194 Å². The SMILES string of the molecule is CCCC(CNC(=O)OCC1c2ccccc2-c2ccccc21)C(=O)N[C@H](CC)CC(=O)O. The van der Waals surface area contributed by atoms with E-state index in [0.29, 0.717) is 12.8 Å². The molecule has 2 amide bonds. The predicted octanol–water partition coefficient (Wildman–Crippen LogP) is 4.31. The van der Waals surface area contributed by atoms with Gasteiger partial charge in [-0.1, -0.05) is 68.8 Å². The number of ether oxygens (including phenoxy) is 1. The molecule has 7 nitrogen and oxygen atoms in total. The molecule has 0 bridgehead atoms. The molecule has 2 aromatic carbocycles. The third kappa shape index (κ3) is 6.12. The quantitative estimate of drug-likeness (QED) is 0.471.